The third-order valence-electron chi connectivity index (χ3n) is 6.89. The van der Waals surface area contributed by atoms with Crippen LogP contribution in [0.15, 0.2) is 45.6 Å². The number of aliphatic carboxylic acids is 1. The molecule has 9 nitrogen and oxygen atoms in total. The molecule has 2 heterocycles. The number of carboxylic acids is 2. The van der Waals surface area contributed by atoms with Crippen LogP contribution < -0.4 is 15.2 Å². The third kappa shape index (κ3) is 6.80. The molecule has 0 spiro atoms. The van der Waals surface area contributed by atoms with Crippen LogP contribution in [0.2, 0.25) is 0 Å². The van der Waals surface area contributed by atoms with Gasteiger partial charge in [0.2, 0.25) is 11.3 Å². The fourth-order valence-electron chi connectivity index (χ4n) is 4.61. The number of para-hydroxylation sites is 1. The lowest BCUT2D eigenvalue weighted by Gasteiger charge is -2.37. The van der Waals surface area contributed by atoms with E-state index in [1.165, 1.54) is 0 Å². The lowest BCUT2D eigenvalue weighted by molar-refractivity contribution is -0.192. The Labute approximate surface area is 234 Å². The molecule has 2 N–H and O–H groups in total. The number of hydrogen-bond donors (Lipinski definition) is 2. The molecule has 2 aromatic carbocycles. The number of anilines is 3. The van der Waals surface area contributed by atoms with Crippen LogP contribution in [0.1, 0.15) is 55.1 Å². The summed E-state index contributed by atoms with van der Waals surface area (Å²) in [7, 11) is 0. The number of aromatic carboxylic acids is 1. The number of nitrogens with zero attached hydrogens (tertiary/aromatic N) is 3. The summed E-state index contributed by atoms with van der Waals surface area (Å²) in [5.41, 5.74) is 2.29. The molecule has 1 fully saturated rings. The van der Waals surface area contributed by atoms with Gasteiger partial charge >= 0.3 is 18.1 Å². The molecule has 218 valence electrons. The van der Waals surface area contributed by atoms with Crippen LogP contribution in [-0.4, -0.2) is 48.0 Å². The predicted molar refractivity (Wildman–Crippen MR) is 147 cm³/mol. The molecule has 4 rings (SSSR count). The lowest BCUT2D eigenvalue weighted by atomic mass is 9.82. The van der Waals surface area contributed by atoms with E-state index in [0.29, 0.717) is 47.9 Å². The summed E-state index contributed by atoms with van der Waals surface area (Å²) < 4.78 is 38.1. The molecule has 0 bridgehead atoms. The minimum absolute atomic E-state index is 0.0118. The summed E-state index contributed by atoms with van der Waals surface area (Å²) in [5.74, 6) is -3.49. The zero-order valence-corrected chi connectivity index (χ0v) is 23.0. The van der Waals surface area contributed by atoms with Crippen molar-refractivity contribution >= 4 is 40.2 Å². The molecule has 1 saturated heterocycles. The molecule has 1 aromatic heterocycles. The fraction of sp³-hybridized carbons (Fsp3) is 0.379. The van der Waals surface area contributed by atoms with E-state index in [-0.39, 0.29) is 22.0 Å². The molecule has 0 amide bonds. The van der Waals surface area contributed by atoms with E-state index in [0.717, 1.165) is 18.4 Å². The quantitative estimate of drug-likeness (QED) is 0.372. The predicted octanol–water partition coefficient (Wildman–Crippen LogP) is 6.09. The molecule has 12 heteroatoms. The maximum absolute atomic E-state index is 13.5. The van der Waals surface area contributed by atoms with Crippen molar-refractivity contribution in [1.29, 1.82) is 5.26 Å². The van der Waals surface area contributed by atoms with Gasteiger partial charge in [-0.1, -0.05) is 26.0 Å². The van der Waals surface area contributed by atoms with Crippen molar-refractivity contribution < 1.29 is 37.4 Å². The first-order valence-corrected chi connectivity index (χ1v) is 12.8. The molecule has 1 aliphatic rings. The van der Waals surface area contributed by atoms with E-state index in [4.69, 9.17) is 14.3 Å². The van der Waals surface area contributed by atoms with Gasteiger partial charge in [-0.2, -0.15) is 18.4 Å². The Morgan fingerprint density at radius 1 is 1.12 bits per heavy atom. The van der Waals surface area contributed by atoms with Crippen LogP contribution in [0.3, 0.4) is 0 Å². The average molecular weight is 574 g/mol. The monoisotopic (exact) mass is 573 g/mol. The molecule has 41 heavy (non-hydrogen) atoms. The van der Waals surface area contributed by atoms with E-state index >= 15 is 0 Å². The Morgan fingerprint density at radius 2 is 1.71 bits per heavy atom. The molecule has 0 saturated carbocycles. The van der Waals surface area contributed by atoms with Gasteiger partial charge in [0.15, 0.2) is 11.1 Å². The Morgan fingerprint density at radius 3 is 2.22 bits per heavy atom. The highest BCUT2D eigenvalue weighted by atomic mass is 19.4. The van der Waals surface area contributed by atoms with Crippen LogP contribution >= 0.6 is 0 Å². The second-order valence-corrected chi connectivity index (χ2v) is 10.4. The maximum Gasteiger partial charge on any atom is 0.490 e. The number of alkyl halides is 3. The van der Waals surface area contributed by atoms with Crippen LogP contribution in [-0.2, 0) is 4.79 Å². The van der Waals surface area contributed by atoms with Crippen molar-refractivity contribution in [2.45, 2.75) is 46.7 Å². The highest BCUT2D eigenvalue weighted by molar-refractivity contribution is 5.99. The highest BCUT2D eigenvalue weighted by Crippen LogP contribution is 2.38. The maximum atomic E-state index is 13.5. The summed E-state index contributed by atoms with van der Waals surface area (Å²) in [6, 6.07) is 12.5. The van der Waals surface area contributed by atoms with Crippen LogP contribution in [0.25, 0.3) is 11.0 Å². The Bertz CT molecular complexity index is 1560. The van der Waals surface area contributed by atoms with Crippen LogP contribution in [0, 0.1) is 23.7 Å². The first kappa shape index (κ1) is 31.0. The molecule has 1 aliphatic heterocycles. The van der Waals surface area contributed by atoms with Gasteiger partial charge in [-0.25, -0.2) is 9.59 Å². The standard InChI is InChI=1S/C27H29N3O4.C2HF3O2/c1-5-30(21-9-7-6-8-18(21)26(32)33)22-15-17(2)14-19-23(31)20(16-28)25(34-24(19)22)29-12-10-27(3,4)11-13-29;3-2(4,5)1(6)7/h6-9,14-15H,5,10-13H2,1-4H3,(H,32,33);(H,6,7). The van der Waals surface area contributed by atoms with Crippen molar-refractivity contribution in [3.05, 3.63) is 63.3 Å². The van der Waals surface area contributed by atoms with Crippen molar-refractivity contribution in [3.63, 3.8) is 0 Å². The minimum atomic E-state index is -5.08. The van der Waals surface area contributed by atoms with E-state index in [1.807, 2.05) is 29.7 Å². The minimum Gasteiger partial charge on any atom is -0.478 e. The Hall–Kier alpha value is -4.53. The largest absolute Gasteiger partial charge is 0.490 e. The normalized spacial score (nSPS) is 14.5. The van der Waals surface area contributed by atoms with Gasteiger partial charge in [0.05, 0.1) is 22.3 Å². The first-order valence-electron chi connectivity index (χ1n) is 12.8. The van der Waals surface area contributed by atoms with E-state index in [9.17, 15) is 33.1 Å². The van der Waals surface area contributed by atoms with Crippen LogP contribution in [0.4, 0.5) is 30.4 Å². The number of halogens is 3. The number of carboxylic acid groups (broad SMARTS) is 2. The molecular formula is C29H30F3N3O6. The zero-order chi connectivity index (χ0) is 30.7. The number of fused-ring (bicyclic) bond motifs is 1. The second kappa shape index (κ2) is 11.9. The number of benzene rings is 2. The van der Waals surface area contributed by atoms with Gasteiger partial charge < -0.3 is 24.4 Å². The summed E-state index contributed by atoms with van der Waals surface area (Å²) in [6.07, 6.45) is -3.24. The summed E-state index contributed by atoms with van der Waals surface area (Å²) in [4.78, 5) is 38.1. The third-order valence-corrected chi connectivity index (χ3v) is 6.89. The summed E-state index contributed by atoms with van der Waals surface area (Å²) in [6.45, 7) is 10.1. The first-order chi connectivity index (χ1) is 19.1. The Kier molecular flexibility index (Phi) is 9.01. The van der Waals surface area contributed by atoms with Gasteiger partial charge in [-0.3, -0.25) is 4.79 Å². The lowest BCUT2D eigenvalue weighted by Crippen LogP contribution is -2.38. The van der Waals surface area contributed by atoms with Gasteiger partial charge in [-0.15, -0.1) is 0 Å². The Balaban J connectivity index is 0.000000587. The van der Waals surface area contributed by atoms with Crippen LogP contribution in [0.5, 0.6) is 0 Å². The summed E-state index contributed by atoms with van der Waals surface area (Å²) >= 11 is 0. The molecule has 3 aromatic rings. The average Bonchev–Trinajstić information content (AvgIpc) is 2.89. The number of hydrogen-bond acceptors (Lipinski definition) is 7. The van der Waals surface area contributed by atoms with Gasteiger partial charge in [0.25, 0.3) is 0 Å². The topological polar surface area (TPSA) is 135 Å². The molecule has 0 atom stereocenters. The van der Waals surface area contributed by atoms with Gasteiger partial charge in [0, 0.05) is 19.6 Å². The molecule has 0 radical (unpaired) electrons. The number of aryl methyl sites for hydroxylation is 1. The zero-order valence-electron chi connectivity index (χ0n) is 23.0. The molecular weight excluding hydrogens is 543 g/mol. The molecule has 0 aliphatic carbocycles. The smallest absolute Gasteiger partial charge is 0.478 e. The van der Waals surface area contributed by atoms with Crippen molar-refractivity contribution in [3.8, 4) is 6.07 Å². The van der Waals surface area contributed by atoms with Crippen molar-refractivity contribution in [2.24, 2.45) is 5.41 Å². The fourth-order valence-corrected chi connectivity index (χ4v) is 4.61. The van der Waals surface area contributed by atoms with E-state index in [2.05, 4.69) is 19.9 Å². The number of nitriles is 1. The highest BCUT2D eigenvalue weighted by Gasteiger charge is 2.38. The SMILES string of the molecule is CCN(c1ccccc1C(=O)O)c1cc(C)cc2c(=O)c(C#N)c(N3CCC(C)(C)CC3)oc12.O=C(O)C(F)(F)F. The number of carbonyl (C=O) groups is 2. The summed E-state index contributed by atoms with van der Waals surface area (Å²) in [5, 5.41) is 27.0. The number of piperidine rings is 1. The van der Waals surface area contributed by atoms with Crippen molar-refractivity contribution in [1.82, 2.24) is 0 Å². The van der Waals surface area contributed by atoms with Crippen molar-refractivity contribution in [2.75, 3.05) is 29.4 Å². The van der Waals surface area contributed by atoms with Gasteiger partial charge in [-0.05, 0) is 61.9 Å². The second-order valence-electron chi connectivity index (χ2n) is 10.4. The van der Waals surface area contributed by atoms with E-state index < -0.39 is 18.1 Å². The van der Waals surface area contributed by atoms with Gasteiger partial charge in [0.1, 0.15) is 6.07 Å². The number of rotatable bonds is 5. The molecule has 0 unspecified atom stereocenters. The van der Waals surface area contributed by atoms with E-state index in [1.54, 1.807) is 30.3 Å².